The van der Waals surface area contributed by atoms with Gasteiger partial charge in [-0.1, -0.05) is 0 Å². The van der Waals surface area contributed by atoms with Gasteiger partial charge >= 0.3 is 6.61 Å². The molecule has 0 amide bonds. The summed E-state index contributed by atoms with van der Waals surface area (Å²) in [4.78, 5) is -0.0805. The number of ether oxygens (including phenoxy) is 3. The third kappa shape index (κ3) is 4.50. The summed E-state index contributed by atoms with van der Waals surface area (Å²) < 4.78 is 66.5. The van der Waals surface area contributed by atoms with Crippen molar-refractivity contribution in [3.05, 3.63) is 42.0 Å². The molecule has 2 aromatic rings. The molecule has 0 fully saturated rings. The van der Waals surface area contributed by atoms with E-state index in [4.69, 9.17) is 9.47 Å². The number of sulfonamides is 1. The Kier molecular flexibility index (Phi) is 5.68. The van der Waals surface area contributed by atoms with Crippen LogP contribution in [0.1, 0.15) is 5.56 Å². The molecular weight excluding hydrogens is 356 g/mol. The van der Waals surface area contributed by atoms with E-state index in [-0.39, 0.29) is 22.1 Å². The van der Waals surface area contributed by atoms with Gasteiger partial charge in [-0.05, 0) is 42.8 Å². The van der Waals surface area contributed by atoms with Gasteiger partial charge in [-0.2, -0.15) is 8.78 Å². The van der Waals surface area contributed by atoms with Gasteiger partial charge in [-0.25, -0.2) is 8.42 Å². The highest BCUT2D eigenvalue weighted by atomic mass is 32.2. The first-order chi connectivity index (χ1) is 11.8. The number of rotatable bonds is 7. The summed E-state index contributed by atoms with van der Waals surface area (Å²) in [6.07, 6.45) is 0. The molecule has 9 heteroatoms. The van der Waals surface area contributed by atoms with E-state index in [9.17, 15) is 17.2 Å². The number of benzene rings is 2. The maximum absolute atomic E-state index is 12.6. The summed E-state index contributed by atoms with van der Waals surface area (Å²) in [5.41, 5.74) is 0.661. The highest BCUT2D eigenvalue weighted by molar-refractivity contribution is 7.92. The van der Waals surface area contributed by atoms with Crippen LogP contribution in [0.15, 0.2) is 41.3 Å². The maximum Gasteiger partial charge on any atom is 0.387 e. The van der Waals surface area contributed by atoms with Crippen molar-refractivity contribution in [3.8, 4) is 17.2 Å². The molecule has 0 saturated carbocycles. The molecule has 0 saturated heterocycles. The quantitative estimate of drug-likeness (QED) is 0.805. The van der Waals surface area contributed by atoms with E-state index in [0.717, 1.165) is 0 Å². The molecule has 136 valence electrons. The molecule has 0 unspecified atom stereocenters. The van der Waals surface area contributed by atoms with Crippen molar-refractivity contribution in [2.24, 2.45) is 0 Å². The minimum absolute atomic E-state index is 0.0579. The fourth-order valence-electron chi connectivity index (χ4n) is 2.12. The molecule has 0 heterocycles. The first kappa shape index (κ1) is 18.8. The van der Waals surface area contributed by atoms with Gasteiger partial charge in [0.05, 0.1) is 19.9 Å². The zero-order chi connectivity index (χ0) is 18.6. The SMILES string of the molecule is COc1ccc(S(=O)(=O)Nc2ccc(OC(F)F)cc2C)c(OC)c1. The Morgan fingerprint density at radius 3 is 2.24 bits per heavy atom. The Bertz CT molecular complexity index is 856. The number of hydrogen-bond acceptors (Lipinski definition) is 5. The van der Waals surface area contributed by atoms with Crippen LogP contribution in [-0.2, 0) is 10.0 Å². The van der Waals surface area contributed by atoms with Crippen LogP contribution < -0.4 is 18.9 Å². The molecule has 0 radical (unpaired) electrons. The van der Waals surface area contributed by atoms with E-state index in [0.29, 0.717) is 11.3 Å². The highest BCUT2D eigenvalue weighted by Gasteiger charge is 2.21. The fourth-order valence-corrected chi connectivity index (χ4v) is 3.41. The lowest BCUT2D eigenvalue weighted by atomic mass is 10.2. The molecule has 0 aromatic heterocycles. The van der Waals surface area contributed by atoms with Crippen LogP contribution in [0, 0.1) is 6.92 Å². The van der Waals surface area contributed by atoms with Crippen LogP contribution in [0.4, 0.5) is 14.5 Å². The number of aryl methyl sites for hydroxylation is 1. The average Bonchev–Trinajstić information content (AvgIpc) is 2.56. The molecule has 0 aliphatic rings. The second-order valence-corrected chi connectivity index (χ2v) is 6.63. The van der Waals surface area contributed by atoms with Gasteiger partial charge in [0, 0.05) is 6.07 Å². The summed E-state index contributed by atoms with van der Waals surface area (Å²) in [6.45, 7) is -1.38. The van der Waals surface area contributed by atoms with Gasteiger partial charge in [-0.3, -0.25) is 4.72 Å². The van der Waals surface area contributed by atoms with E-state index >= 15 is 0 Å². The number of hydrogen-bond donors (Lipinski definition) is 1. The summed E-state index contributed by atoms with van der Waals surface area (Å²) >= 11 is 0. The second-order valence-electron chi connectivity index (χ2n) is 4.98. The Balaban J connectivity index is 2.33. The van der Waals surface area contributed by atoms with Crippen LogP contribution in [0.5, 0.6) is 17.2 Å². The smallest absolute Gasteiger partial charge is 0.387 e. The third-order valence-electron chi connectivity index (χ3n) is 3.33. The molecule has 0 bridgehead atoms. The number of nitrogens with one attached hydrogen (secondary N) is 1. The van der Waals surface area contributed by atoms with Crippen molar-refractivity contribution in [1.82, 2.24) is 0 Å². The van der Waals surface area contributed by atoms with Gasteiger partial charge < -0.3 is 14.2 Å². The number of anilines is 1. The number of alkyl halides is 2. The van der Waals surface area contributed by atoms with Gasteiger partial charge in [0.25, 0.3) is 10.0 Å². The Labute approximate surface area is 144 Å². The van der Waals surface area contributed by atoms with Crippen molar-refractivity contribution in [2.75, 3.05) is 18.9 Å². The largest absolute Gasteiger partial charge is 0.497 e. The summed E-state index contributed by atoms with van der Waals surface area (Å²) in [7, 11) is -1.16. The van der Waals surface area contributed by atoms with E-state index < -0.39 is 16.6 Å². The summed E-state index contributed by atoms with van der Waals surface area (Å²) in [5.74, 6) is 0.500. The van der Waals surface area contributed by atoms with Crippen LogP contribution in [-0.4, -0.2) is 29.2 Å². The van der Waals surface area contributed by atoms with Crippen molar-refractivity contribution in [2.45, 2.75) is 18.4 Å². The lowest BCUT2D eigenvalue weighted by Crippen LogP contribution is -2.15. The second kappa shape index (κ2) is 7.56. The predicted molar refractivity (Wildman–Crippen MR) is 88.2 cm³/mol. The minimum atomic E-state index is -3.96. The Morgan fingerprint density at radius 2 is 1.68 bits per heavy atom. The van der Waals surface area contributed by atoms with Crippen LogP contribution in [0.25, 0.3) is 0 Å². The lowest BCUT2D eigenvalue weighted by molar-refractivity contribution is -0.0498. The molecule has 6 nitrogen and oxygen atoms in total. The van der Waals surface area contributed by atoms with E-state index in [2.05, 4.69) is 9.46 Å². The van der Waals surface area contributed by atoms with Crippen molar-refractivity contribution in [3.63, 3.8) is 0 Å². The monoisotopic (exact) mass is 373 g/mol. The maximum atomic E-state index is 12.6. The molecule has 0 atom stereocenters. The Hall–Kier alpha value is -2.55. The standard InChI is InChI=1S/C16H17F2NO5S/c1-10-8-12(24-16(17)18)4-6-13(10)19-25(20,21)15-7-5-11(22-2)9-14(15)23-3/h4-9,16,19H,1-3H3. The van der Waals surface area contributed by atoms with Crippen LogP contribution in [0.2, 0.25) is 0 Å². The van der Waals surface area contributed by atoms with Gasteiger partial charge in [0.15, 0.2) is 0 Å². The third-order valence-corrected chi connectivity index (χ3v) is 4.73. The van der Waals surface area contributed by atoms with Gasteiger partial charge in [0.2, 0.25) is 0 Å². The molecule has 25 heavy (non-hydrogen) atoms. The zero-order valence-corrected chi connectivity index (χ0v) is 14.6. The average molecular weight is 373 g/mol. The Morgan fingerprint density at radius 1 is 1.00 bits per heavy atom. The van der Waals surface area contributed by atoms with E-state index in [1.807, 2.05) is 0 Å². The molecule has 0 spiro atoms. The normalized spacial score (nSPS) is 11.3. The zero-order valence-electron chi connectivity index (χ0n) is 13.7. The lowest BCUT2D eigenvalue weighted by Gasteiger charge is -2.14. The molecular formula is C16H17F2NO5S. The topological polar surface area (TPSA) is 73.9 Å². The number of methoxy groups -OCH3 is 2. The molecule has 1 N–H and O–H groups in total. The van der Waals surface area contributed by atoms with Gasteiger partial charge in [0.1, 0.15) is 22.1 Å². The molecule has 2 rings (SSSR count). The molecule has 0 aliphatic heterocycles. The summed E-state index contributed by atoms with van der Waals surface area (Å²) in [5, 5.41) is 0. The molecule has 0 aliphatic carbocycles. The van der Waals surface area contributed by atoms with Crippen molar-refractivity contribution in [1.29, 1.82) is 0 Å². The first-order valence-electron chi connectivity index (χ1n) is 7.07. The predicted octanol–water partition coefficient (Wildman–Crippen LogP) is 3.41. The molecule has 2 aromatic carbocycles. The van der Waals surface area contributed by atoms with Gasteiger partial charge in [-0.15, -0.1) is 0 Å². The van der Waals surface area contributed by atoms with Crippen LogP contribution in [0.3, 0.4) is 0 Å². The minimum Gasteiger partial charge on any atom is -0.497 e. The van der Waals surface area contributed by atoms with E-state index in [1.54, 1.807) is 6.92 Å². The highest BCUT2D eigenvalue weighted by Crippen LogP contribution is 2.31. The van der Waals surface area contributed by atoms with Crippen LogP contribution >= 0.6 is 0 Å². The van der Waals surface area contributed by atoms with Crippen molar-refractivity contribution >= 4 is 15.7 Å². The van der Waals surface area contributed by atoms with Crippen molar-refractivity contribution < 1.29 is 31.4 Å². The first-order valence-corrected chi connectivity index (χ1v) is 8.55. The van der Waals surface area contributed by atoms with E-state index in [1.165, 1.54) is 50.6 Å². The fraction of sp³-hybridized carbons (Fsp3) is 0.250. The number of halogens is 2. The summed E-state index contributed by atoms with van der Waals surface area (Å²) in [6, 6.07) is 8.20.